The van der Waals surface area contributed by atoms with E-state index in [1.54, 1.807) is 5.46 Å². The van der Waals surface area contributed by atoms with Gasteiger partial charge in [0.05, 0.1) is 0 Å². The molecule has 0 saturated carbocycles. The van der Waals surface area contributed by atoms with Gasteiger partial charge in [0.25, 0.3) is 0 Å². The molecule has 0 saturated heterocycles. The second kappa shape index (κ2) is 6.74. The molecule has 2 atom stereocenters. The van der Waals surface area contributed by atoms with E-state index < -0.39 is 0 Å². The molecule has 0 radical (unpaired) electrons. The molecule has 1 aromatic heterocycles. The van der Waals surface area contributed by atoms with Gasteiger partial charge in [-0.3, -0.25) is 0 Å². The third-order valence-electron chi connectivity index (χ3n) is 7.72. The zero-order chi connectivity index (χ0) is 21.3. The molecule has 4 aromatic rings. The van der Waals surface area contributed by atoms with Crippen LogP contribution in [0.2, 0.25) is 0 Å². The van der Waals surface area contributed by atoms with Gasteiger partial charge in [0.1, 0.15) is 12.6 Å². The van der Waals surface area contributed by atoms with Crippen molar-refractivity contribution in [3.8, 4) is 0 Å². The molecule has 0 fully saturated rings. The predicted molar refractivity (Wildman–Crippen MR) is 133 cm³/mol. The van der Waals surface area contributed by atoms with E-state index in [1.807, 2.05) is 0 Å². The zero-order valence-corrected chi connectivity index (χ0v) is 19.4. The van der Waals surface area contributed by atoms with Crippen LogP contribution in [0.5, 0.6) is 0 Å². The second-order valence-electron chi connectivity index (χ2n) is 9.71. The van der Waals surface area contributed by atoms with Gasteiger partial charge in [0, 0.05) is 27.4 Å². The Kier molecular flexibility index (Phi) is 4.17. The molecule has 0 aliphatic carbocycles. The predicted octanol–water partition coefficient (Wildman–Crippen LogP) is 4.67. The monoisotopic (exact) mass is 420 g/mol. The lowest BCUT2D eigenvalue weighted by atomic mass is 9.31. The maximum Gasteiger partial charge on any atom is 0.308 e. The van der Waals surface area contributed by atoms with Crippen molar-refractivity contribution in [1.29, 1.82) is 0 Å². The van der Waals surface area contributed by atoms with Crippen molar-refractivity contribution >= 4 is 40.4 Å². The Hall–Kier alpha value is -2.52. The number of aromatic nitrogens is 1. The molecule has 31 heavy (non-hydrogen) atoms. The maximum atomic E-state index is 2.46. The molecule has 2 unspecified atom stereocenters. The van der Waals surface area contributed by atoms with Gasteiger partial charge in [0.2, 0.25) is 5.52 Å². The molecule has 3 aromatic carbocycles. The van der Waals surface area contributed by atoms with Gasteiger partial charge in [-0.15, -0.1) is 11.8 Å². The highest BCUT2D eigenvalue weighted by Gasteiger charge is 2.56. The lowest BCUT2D eigenvalue weighted by molar-refractivity contribution is -0.627. The SMILES string of the molecule is Cc1cccc2c1B(c1ccc3ccccc3[n+]1C)C1Sc3ccccc3C1C2(C)C. The first-order valence-electron chi connectivity index (χ1n) is 11.2. The smallest absolute Gasteiger partial charge is 0.207 e. The fraction of sp³-hybridized carbons (Fsp3) is 0.250. The molecule has 0 amide bonds. The molecule has 0 bridgehead atoms. The third-order valence-corrected chi connectivity index (χ3v) is 9.16. The van der Waals surface area contributed by atoms with Crippen LogP contribution in [0.25, 0.3) is 10.9 Å². The molecule has 2 aliphatic rings. The minimum Gasteiger partial charge on any atom is -0.207 e. The van der Waals surface area contributed by atoms with Crippen molar-refractivity contribution in [2.45, 2.75) is 42.1 Å². The van der Waals surface area contributed by atoms with Gasteiger partial charge in [-0.25, -0.2) is 4.57 Å². The van der Waals surface area contributed by atoms with Crippen LogP contribution in [0.15, 0.2) is 83.8 Å². The zero-order valence-electron chi connectivity index (χ0n) is 18.6. The number of hydrogen-bond acceptors (Lipinski definition) is 1. The van der Waals surface area contributed by atoms with Crippen LogP contribution in [0.4, 0.5) is 0 Å². The van der Waals surface area contributed by atoms with E-state index in [4.69, 9.17) is 0 Å². The van der Waals surface area contributed by atoms with E-state index in [9.17, 15) is 0 Å². The van der Waals surface area contributed by atoms with Crippen molar-refractivity contribution in [2.24, 2.45) is 7.05 Å². The number of thioether (sulfide) groups is 1. The van der Waals surface area contributed by atoms with Gasteiger partial charge in [-0.2, -0.15) is 0 Å². The van der Waals surface area contributed by atoms with Crippen molar-refractivity contribution in [1.82, 2.24) is 0 Å². The summed E-state index contributed by atoms with van der Waals surface area (Å²) in [5.41, 5.74) is 8.82. The van der Waals surface area contributed by atoms with Crippen molar-refractivity contribution in [2.75, 3.05) is 0 Å². The number of hydrogen-bond donors (Lipinski definition) is 0. The normalized spacial score (nSPS) is 21.0. The van der Waals surface area contributed by atoms with Gasteiger partial charge >= 0.3 is 6.71 Å². The summed E-state index contributed by atoms with van der Waals surface area (Å²) in [4.78, 5) is 1.46. The number of para-hydroxylation sites is 1. The highest BCUT2D eigenvalue weighted by molar-refractivity contribution is 8.02. The number of benzene rings is 3. The molecule has 152 valence electrons. The molecule has 2 aliphatic heterocycles. The van der Waals surface area contributed by atoms with Crippen LogP contribution in [0.1, 0.15) is 36.5 Å². The fourth-order valence-electron chi connectivity index (χ4n) is 6.27. The topological polar surface area (TPSA) is 3.88 Å². The average molecular weight is 420 g/mol. The molecule has 6 rings (SSSR count). The standard InChI is InChI=1S/C28H27BNS/c1-18-10-9-13-21-26(18)29(24-17-16-19-11-5-7-14-22(19)30(24)4)27-25(28(21,2)3)20-12-6-8-15-23(20)31-27/h5-17,25,27H,1-4H3/q+1. The summed E-state index contributed by atoms with van der Waals surface area (Å²) in [6, 6.07) is 29.5. The minimum absolute atomic E-state index is 0.0948. The van der Waals surface area contributed by atoms with Crippen LogP contribution < -0.4 is 15.6 Å². The largest absolute Gasteiger partial charge is 0.308 e. The van der Waals surface area contributed by atoms with Gasteiger partial charge in [0.15, 0.2) is 0 Å². The van der Waals surface area contributed by atoms with E-state index in [0.717, 1.165) is 0 Å². The van der Waals surface area contributed by atoms with E-state index >= 15 is 0 Å². The van der Waals surface area contributed by atoms with E-state index in [1.165, 1.54) is 38.1 Å². The first kappa shape index (κ1) is 19.2. The minimum atomic E-state index is 0.0948. The Morgan fingerprint density at radius 2 is 1.65 bits per heavy atom. The molecule has 0 N–H and O–H groups in total. The van der Waals surface area contributed by atoms with Crippen LogP contribution >= 0.6 is 11.8 Å². The average Bonchev–Trinajstić information content (AvgIpc) is 3.16. The molecule has 3 heterocycles. The maximum absolute atomic E-state index is 2.46. The highest BCUT2D eigenvalue weighted by Crippen LogP contribution is 2.56. The number of pyridine rings is 1. The lowest BCUT2D eigenvalue weighted by Crippen LogP contribution is -2.68. The van der Waals surface area contributed by atoms with Crippen LogP contribution in [-0.4, -0.2) is 11.9 Å². The molecule has 0 spiro atoms. The molecular formula is C28H27BNS+. The van der Waals surface area contributed by atoms with Crippen LogP contribution in [0.3, 0.4) is 0 Å². The summed E-state index contributed by atoms with van der Waals surface area (Å²) in [6.45, 7) is 7.58. The number of fused-ring (bicyclic) bond motifs is 5. The summed E-state index contributed by atoms with van der Waals surface area (Å²) in [5, 5.41) is 1.79. The highest BCUT2D eigenvalue weighted by atomic mass is 32.2. The Bertz CT molecular complexity index is 1340. The summed E-state index contributed by atoms with van der Waals surface area (Å²) in [6.07, 6.45) is 0. The second-order valence-corrected chi connectivity index (χ2v) is 10.9. The summed E-state index contributed by atoms with van der Waals surface area (Å²) in [7, 11) is 2.25. The lowest BCUT2D eigenvalue weighted by Gasteiger charge is -2.45. The molecular weight excluding hydrogens is 393 g/mol. The van der Waals surface area contributed by atoms with E-state index in [0.29, 0.717) is 17.8 Å². The Morgan fingerprint density at radius 1 is 0.871 bits per heavy atom. The summed E-state index contributed by atoms with van der Waals surface area (Å²) >= 11 is 2.10. The first-order chi connectivity index (χ1) is 15.0. The van der Waals surface area contributed by atoms with Gasteiger partial charge < -0.3 is 0 Å². The van der Waals surface area contributed by atoms with Crippen LogP contribution in [0, 0.1) is 6.92 Å². The number of nitrogens with zero attached hydrogens (tertiary/aromatic N) is 1. The van der Waals surface area contributed by atoms with Gasteiger partial charge in [-0.05, 0) is 47.7 Å². The van der Waals surface area contributed by atoms with E-state index in [-0.39, 0.29) is 5.41 Å². The quantitative estimate of drug-likeness (QED) is 0.320. The Balaban J connectivity index is 1.66. The Morgan fingerprint density at radius 3 is 2.52 bits per heavy atom. The summed E-state index contributed by atoms with van der Waals surface area (Å²) in [5.74, 6) is 0.500. The molecule has 1 nitrogen and oxygen atoms in total. The van der Waals surface area contributed by atoms with Crippen LogP contribution in [-0.2, 0) is 12.5 Å². The number of rotatable bonds is 1. The van der Waals surface area contributed by atoms with Crippen molar-refractivity contribution in [3.05, 3.63) is 95.6 Å². The molecule has 3 heteroatoms. The number of aryl methyl sites for hydroxylation is 2. The van der Waals surface area contributed by atoms with Gasteiger partial charge in [-0.1, -0.05) is 73.4 Å². The third kappa shape index (κ3) is 2.62. The summed E-state index contributed by atoms with van der Waals surface area (Å²) < 4.78 is 2.44. The first-order valence-corrected chi connectivity index (χ1v) is 12.1. The van der Waals surface area contributed by atoms with E-state index in [2.05, 4.69) is 123 Å². The fourth-order valence-corrected chi connectivity index (χ4v) is 8.09. The van der Waals surface area contributed by atoms with Crippen molar-refractivity contribution in [3.63, 3.8) is 0 Å². The van der Waals surface area contributed by atoms with Crippen molar-refractivity contribution < 1.29 is 4.57 Å². The Labute approximate surface area is 189 Å².